The first-order chi connectivity index (χ1) is 6.98. The number of esters is 1. The molecule has 0 amide bonds. The maximum absolute atomic E-state index is 9.75. The van der Waals surface area contributed by atoms with E-state index in [4.69, 9.17) is 9.11 Å². The summed E-state index contributed by atoms with van der Waals surface area (Å²) in [6.07, 6.45) is 1.10. The van der Waals surface area contributed by atoms with Crippen molar-refractivity contribution in [2.45, 2.75) is 6.92 Å². The number of hydrogen-bond donors (Lipinski definition) is 4. The molecule has 0 saturated carbocycles. The van der Waals surface area contributed by atoms with Gasteiger partial charge in [0.25, 0.3) is 0 Å². The van der Waals surface area contributed by atoms with Crippen molar-refractivity contribution < 1.29 is 44.1 Å². The molecular weight excluding hydrogens is 300 g/mol. The molecule has 8 N–H and O–H groups in total. The average molecular weight is 314 g/mol. The molecule has 0 unspecified atom stereocenters. The highest BCUT2D eigenvalue weighted by Gasteiger charge is 2.13. The van der Waals surface area contributed by atoms with Crippen molar-refractivity contribution in [3.05, 3.63) is 12.8 Å². The van der Waals surface area contributed by atoms with Crippen LogP contribution in [0.15, 0.2) is 12.8 Å². The lowest BCUT2D eigenvalue weighted by Gasteiger charge is -1.92. The highest BCUT2D eigenvalue weighted by molar-refractivity contribution is 7.83. The van der Waals surface area contributed by atoms with Gasteiger partial charge in [-0.05, 0) is 0 Å². The van der Waals surface area contributed by atoms with Gasteiger partial charge in [0, 0.05) is 6.92 Å². The molecule has 0 saturated heterocycles. The lowest BCUT2D eigenvalue weighted by molar-refractivity contribution is -0.135. The summed E-state index contributed by atoms with van der Waals surface area (Å²) in [5.74, 6) is -0.329. The first-order valence-corrected chi connectivity index (χ1v) is 5.81. The molecule has 12 nitrogen and oxygen atoms in total. The summed E-state index contributed by atoms with van der Waals surface area (Å²) in [6, 6.07) is 0. The van der Waals surface area contributed by atoms with Gasteiger partial charge in [0.2, 0.25) is 0 Å². The Labute approximate surface area is 104 Å². The van der Waals surface area contributed by atoms with Gasteiger partial charge in [-0.25, -0.2) is 0 Å². The third-order valence-corrected chi connectivity index (χ3v) is 1.02. The van der Waals surface area contributed by atoms with Crippen LogP contribution in [0.4, 0.5) is 0 Å². The van der Waals surface area contributed by atoms with Gasteiger partial charge in [0.05, 0.1) is 6.26 Å². The summed E-state index contributed by atoms with van der Waals surface area (Å²) in [5.41, 5.74) is 0. The van der Waals surface area contributed by atoms with Crippen LogP contribution in [0.2, 0.25) is 0 Å². The first kappa shape index (κ1) is 25.7. The van der Waals surface area contributed by atoms with Crippen molar-refractivity contribution in [3.63, 3.8) is 0 Å². The minimum Gasteiger partial charge on any atom is -0.435 e. The molecule has 0 bridgehead atoms. The van der Waals surface area contributed by atoms with Crippen LogP contribution in [0.3, 0.4) is 0 Å². The molecule has 0 aliphatic carbocycles. The Morgan fingerprint density at radius 1 is 1.06 bits per heavy atom. The highest BCUT2D eigenvalue weighted by atomic mass is 32.3. The second-order valence-corrected chi connectivity index (χ2v) is 3.75. The van der Waals surface area contributed by atoms with Gasteiger partial charge >= 0.3 is 26.8 Å². The summed E-state index contributed by atoms with van der Waals surface area (Å²) in [4.78, 5) is 9.75. The molecule has 0 rings (SSSR count). The summed E-state index contributed by atoms with van der Waals surface area (Å²) in [5, 5.41) is 0. The van der Waals surface area contributed by atoms with Gasteiger partial charge in [-0.3, -0.25) is 13.9 Å². The zero-order chi connectivity index (χ0) is 13.4. The van der Waals surface area contributed by atoms with E-state index in [-0.39, 0.29) is 18.3 Å². The normalized spacial score (nSPS) is 9.72. The van der Waals surface area contributed by atoms with Crippen LogP contribution in [0.1, 0.15) is 6.92 Å². The summed E-state index contributed by atoms with van der Waals surface area (Å²) in [7, 11) is -10.0. The van der Waals surface area contributed by atoms with Crippen LogP contribution in [-0.2, 0) is 39.0 Å². The monoisotopic (exact) mass is 314 g/mol. The summed E-state index contributed by atoms with van der Waals surface area (Å²) >= 11 is 0. The molecule has 112 valence electrons. The fraction of sp³-hybridized carbons (Fsp3) is 0.250. The number of rotatable bonds is 4. The summed E-state index contributed by atoms with van der Waals surface area (Å²) in [6.45, 7) is 4.48. The lowest BCUT2D eigenvalue weighted by atomic mass is 10.8. The van der Waals surface area contributed by atoms with Gasteiger partial charge in [-0.15, -0.1) is 0 Å². The fourth-order valence-corrected chi connectivity index (χ4v) is 0.749. The highest BCUT2D eigenvalue weighted by Crippen LogP contribution is 1.92. The van der Waals surface area contributed by atoms with Crippen LogP contribution in [0, 0.1) is 0 Å². The standard InChI is InChI=1S/C4H6O2.2H3N.H2O8S2/c1-3-6-4(2)5;;;1-9(2,3)7-8-10(4,5)6/h3H,1H2,2H3;2*1H3;(H,1,2,3)(H,4,5,6). The number of carbonyl (C=O) groups excluding carboxylic acids is 1. The van der Waals surface area contributed by atoms with E-state index in [1.54, 1.807) is 0 Å². The Morgan fingerprint density at radius 2 is 1.33 bits per heavy atom. The number of carbonyl (C=O) groups is 1. The molecule has 0 aliphatic rings. The number of hydrogen-bond acceptors (Lipinski definition) is 10. The molecule has 0 aromatic heterocycles. The Kier molecular flexibility index (Phi) is 15.7. The Balaban J connectivity index is -0.000000108. The Hall–Kier alpha value is -1.13. The van der Waals surface area contributed by atoms with Crippen molar-refractivity contribution in [1.29, 1.82) is 0 Å². The van der Waals surface area contributed by atoms with Crippen LogP contribution in [0.25, 0.3) is 0 Å². The predicted molar refractivity (Wildman–Crippen MR) is 57.3 cm³/mol. The molecule has 0 heterocycles. The second-order valence-electron chi connectivity index (χ2n) is 1.77. The van der Waals surface area contributed by atoms with Crippen LogP contribution in [-0.4, -0.2) is 31.9 Å². The Bertz CT molecular complexity index is 393. The van der Waals surface area contributed by atoms with E-state index < -0.39 is 20.8 Å². The van der Waals surface area contributed by atoms with Gasteiger partial charge in [0.1, 0.15) is 0 Å². The lowest BCUT2D eigenvalue weighted by Crippen LogP contribution is -2.10. The van der Waals surface area contributed by atoms with Gasteiger partial charge < -0.3 is 17.0 Å². The predicted octanol–water partition coefficient (Wildman–Crippen LogP) is -0.443. The van der Waals surface area contributed by atoms with E-state index in [1.165, 1.54) is 6.92 Å². The first-order valence-electron chi connectivity index (χ1n) is 3.08. The van der Waals surface area contributed by atoms with E-state index in [9.17, 15) is 21.6 Å². The third kappa shape index (κ3) is 36.4. The van der Waals surface area contributed by atoms with Gasteiger partial charge in [-0.1, -0.05) is 15.2 Å². The van der Waals surface area contributed by atoms with Crippen molar-refractivity contribution in [3.8, 4) is 0 Å². The molecule has 0 fully saturated rings. The van der Waals surface area contributed by atoms with Crippen LogP contribution in [0.5, 0.6) is 0 Å². The molecule has 0 radical (unpaired) electrons. The topological polar surface area (TPSA) is 223 Å². The largest absolute Gasteiger partial charge is 0.435 e. The summed E-state index contributed by atoms with van der Waals surface area (Å²) < 4.78 is 63.0. The maximum atomic E-state index is 9.75. The van der Waals surface area contributed by atoms with Crippen molar-refractivity contribution in [1.82, 2.24) is 12.3 Å². The van der Waals surface area contributed by atoms with Crippen molar-refractivity contribution in [2.24, 2.45) is 0 Å². The van der Waals surface area contributed by atoms with E-state index in [0.29, 0.717) is 0 Å². The minimum atomic E-state index is -5.02. The smallest absolute Gasteiger partial charge is 0.425 e. The number of ether oxygens (including phenoxy) is 1. The van der Waals surface area contributed by atoms with Crippen molar-refractivity contribution in [2.75, 3.05) is 0 Å². The molecule has 0 aromatic rings. The molecule has 0 atom stereocenters. The molecule has 0 aliphatic heterocycles. The molecule has 0 spiro atoms. The minimum absolute atomic E-state index is 0. The molecule has 14 heteroatoms. The zero-order valence-corrected chi connectivity index (χ0v) is 10.8. The van der Waals surface area contributed by atoms with Gasteiger partial charge in [-0.2, -0.15) is 16.8 Å². The fourth-order valence-electron chi connectivity index (χ4n) is 0.188. The van der Waals surface area contributed by atoms with Gasteiger partial charge in [0.15, 0.2) is 0 Å². The SMILES string of the molecule is C=COC(C)=O.N.N.O=S(=O)(O)OOS(=O)(=O)O. The zero-order valence-electron chi connectivity index (χ0n) is 9.18. The van der Waals surface area contributed by atoms with Crippen LogP contribution < -0.4 is 12.3 Å². The maximum Gasteiger partial charge on any atom is 0.425 e. The second kappa shape index (κ2) is 11.0. The Morgan fingerprint density at radius 3 is 1.39 bits per heavy atom. The van der Waals surface area contributed by atoms with E-state index in [0.717, 1.165) is 6.26 Å². The quantitative estimate of drug-likeness (QED) is 0.170. The third-order valence-electron chi connectivity index (χ3n) is 0.449. The van der Waals surface area contributed by atoms with Crippen molar-refractivity contribution >= 4 is 26.8 Å². The van der Waals surface area contributed by atoms with E-state index >= 15 is 0 Å². The molecule has 0 aromatic carbocycles. The van der Waals surface area contributed by atoms with Crippen LogP contribution >= 0.6 is 0 Å². The molecule has 18 heavy (non-hydrogen) atoms. The van der Waals surface area contributed by atoms with E-state index in [2.05, 4.69) is 20.0 Å². The molecular formula is C4H14N2O10S2. The van der Waals surface area contributed by atoms with E-state index in [1.807, 2.05) is 0 Å². The average Bonchev–Trinajstić information content (AvgIpc) is 1.99.